The normalized spacial score (nSPS) is 13.8. The molecule has 0 spiro atoms. The first-order valence-corrected chi connectivity index (χ1v) is 7.72. The number of carboxylic acid groups (broad SMARTS) is 1. The zero-order valence-corrected chi connectivity index (χ0v) is 12.1. The van der Waals surface area contributed by atoms with Crippen LogP contribution in [0.4, 0.5) is 0 Å². The molecule has 0 aliphatic heterocycles. The van der Waals surface area contributed by atoms with Crippen molar-refractivity contribution in [3.63, 3.8) is 0 Å². The van der Waals surface area contributed by atoms with Crippen LogP contribution in [0.5, 0.6) is 0 Å². The van der Waals surface area contributed by atoms with E-state index in [-0.39, 0.29) is 12.3 Å². The van der Waals surface area contributed by atoms with E-state index in [1.165, 1.54) is 0 Å². The second-order valence-corrected chi connectivity index (χ2v) is 6.21. The summed E-state index contributed by atoms with van der Waals surface area (Å²) in [4.78, 5) is 10.5. The largest absolute Gasteiger partial charge is 0.481 e. The molecule has 6 nitrogen and oxygen atoms in total. The minimum Gasteiger partial charge on any atom is -0.481 e. The van der Waals surface area contributed by atoms with Crippen molar-refractivity contribution in [3.8, 4) is 0 Å². The topological polar surface area (TPSA) is 95.5 Å². The molecule has 0 aromatic heterocycles. The van der Waals surface area contributed by atoms with Gasteiger partial charge in [0.25, 0.3) is 10.2 Å². The summed E-state index contributed by atoms with van der Waals surface area (Å²) in [6, 6.07) is 0. The van der Waals surface area contributed by atoms with Gasteiger partial charge in [-0.2, -0.15) is 8.42 Å². The van der Waals surface area contributed by atoms with Crippen LogP contribution in [0.25, 0.3) is 0 Å². The molecule has 1 unspecified atom stereocenters. The molecule has 1 atom stereocenters. The second kappa shape index (κ2) is 8.44. The van der Waals surface area contributed by atoms with Gasteiger partial charge < -0.3 is 5.11 Å². The average molecular weight is 280 g/mol. The van der Waals surface area contributed by atoms with E-state index in [1.807, 2.05) is 13.8 Å². The number of hydrogen-bond acceptors (Lipinski definition) is 3. The summed E-state index contributed by atoms with van der Waals surface area (Å²) < 4.78 is 27.5. The zero-order chi connectivity index (χ0) is 14.2. The zero-order valence-electron chi connectivity index (χ0n) is 11.3. The predicted octanol–water partition coefficient (Wildman–Crippen LogP) is 0.957. The van der Waals surface area contributed by atoms with Crippen molar-refractivity contribution in [2.24, 2.45) is 11.8 Å². The molecule has 0 aliphatic rings. The molecule has 3 N–H and O–H groups in total. The van der Waals surface area contributed by atoms with Gasteiger partial charge in [-0.15, -0.1) is 0 Å². The van der Waals surface area contributed by atoms with E-state index in [9.17, 15) is 13.2 Å². The molecule has 0 aliphatic carbocycles. The summed E-state index contributed by atoms with van der Waals surface area (Å²) in [6.45, 7) is 6.43. The van der Waals surface area contributed by atoms with Gasteiger partial charge in [0.05, 0.1) is 0 Å². The first kappa shape index (κ1) is 17.3. The van der Waals surface area contributed by atoms with E-state index in [1.54, 1.807) is 6.92 Å². The Hall–Kier alpha value is -0.660. The van der Waals surface area contributed by atoms with Crippen molar-refractivity contribution in [2.45, 2.75) is 40.0 Å². The Morgan fingerprint density at radius 1 is 1.22 bits per heavy atom. The Morgan fingerprint density at radius 2 is 1.83 bits per heavy atom. The molecular formula is C11H24N2O4S. The van der Waals surface area contributed by atoms with Gasteiger partial charge in [-0.05, 0) is 24.7 Å². The van der Waals surface area contributed by atoms with Crippen molar-refractivity contribution in [1.82, 2.24) is 9.44 Å². The number of rotatable bonds is 10. The van der Waals surface area contributed by atoms with E-state index < -0.39 is 16.2 Å². The third-order valence-corrected chi connectivity index (χ3v) is 4.07. The quantitative estimate of drug-likeness (QED) is 0.555. The van der Waals surface area contributed by atoms with Gasteiger partial charge in [-0.1, -0.05) is 20.8 Å². The van der Waals surface area contributed by atoms with Crippen LogP contribution >= 0.6 is 0 Å². The number of carbonyl (C=O) groups is 1. The molecule has 18 heavy (non-hydrogen) atoms. The molecule has 0 bridgehead atoms. The fourth-order valence-corrected chi connectivity index (χ4v) is 2.61. The Labute approximate surface area is 109 Å². The van der Waals surface area contributed by atoms with Gasteiger partial charge in [-0.3, -0.25) is 4.79 Å². The van der Waals surface area contributed by atoms with E-state index in [2.05, 4.69) is 9.44 Å². The summed E-state index contributed by atoms with van der Waals surface area (Å²) in [5.41, 5.74) is 0. The van der Waals surface area contributed by atoms with Crippen molar-refractivity contribution in [2.75, 3.05) is 13.1 Å². The van der Waals surface area contributed by atoms with E-state index >= 15 is 0 Å². The Morgan fingerprint density at radius 3 is 2.28 bits per heavy atom. The van der Waals surface area contributed by atoms with Crippen LogP contribution in [0.1, 0.15) is 40.0 Å². The molecule has 0 fully saturated rings. The highest BCUT2D eigenvalue weighted by molar-refractivity contribution is 7.87. The molecular weight excluding hydrogens is 256 g/mol. The maximum absolute atomic E-state index is 11.3. The number of nitrogens with one attached hydrogen (secondary N) is 2. The van der Waals surface area contributed by atoms with Crippen LogP contribution in [0.3, 0.4) is 0 Å². The Bertz CT molecular complexity index is 341. The van der Waals surface area contributed by atoms with Gasteiger partial charge in [0.1, 0.15) is 0 Å². The fourth-order valence-electron chi connectivity index (χ4n) is 1.74. The van der Waals surface area contributed by atoms with E-state index in [0.29, 0.717) is 31.8 Å². The minimum absolute atomic E-state index is 0.128. The SMILES string of the molecule is CCNS(=O)(=O)NCCC(CCC(=O)O)C(C)C. The highest BCUT2D eigenvalue weighted by Crippen LogP contribution is 2.20. The molecule has 0 aromatic carbocycles. The van der Waals surface area contributed by atoms with Crippen molar-refractivity contribution in [3.05, 3.63) is 0 Å². The number of carboxylic acids is 1. The highest BCUT2D eigenvalue weighted by Gasteiger charge is 2.16. The molecule has 108 valence electrons. The lowest BCUT2D eigenvalue weighted by Gasteiger charge is -2.20. The van der Waals surface area contributed by atoms with Crippen molar-refractivity contribution < 1.29 is 18.3 Å². The van der Waals surface area contributed by atoms with Gasteiger partial charge in [-0.25, -0.2) is 9.44 Å². The van der Waals surface area contributed by atoms with Gasteiger partial charge in [0, 0.05) is 19.5 Å². The summed E-state index contributed by atoms with van der Waals surface area (Å²) >= 11 is 0. The lowest BCUT2D eigenvalue weighted by atomic mass is 9.88. The molecule has 0 amide bonds. The summed E-state index contributed by atoms with van der Waals surface area (Å²) in [6.07, 6.45) is 1.36. The summed E-state index contributed by atoms with van der Waals surface area (Å²) in [5, 5.41) is 8.65. The molecule has 0 heterocycles. The lowest BCUT2D eigenvalue weighted by molar-refractivity contribution is -0.137. The molecule has 0 saturated heterocycles. The molecule has 0 aromatic rings. The standard InChI is InChI=1S/C11H24N2O4S/c1-4-12-18(16,17)13-8-7-10(9(2)3)5-6-11(14)15/h9-10,12-13H,4-8H2,1-3H3,(H,14,15). The lowest BCUT2D eigenvalue weighted by Crippen LogP contribution is -2.37. The smallest absolute Gasteiger partial charge is 0.303 e. The van der Waals surface area contributed by atoms with Crippen LogP contribution < -0.4 is 9.44 Å². The third kappa shape index (κ3) is 8.43. The first-order valence-electron chi connectivity index (χ1n) is 6.24. The van der Waals surface area contributed by atoms with Crippen LogP contribution in [0.2, 0.25) is 0 Å². The van der Waals surface area contributed by atoms with Crippen LogP contribution in [0, 0.1) is 11.8 Å². The van der Waals surface area contributed by atoms with Crippen LogP contribution in [-0.2, 0) is 15.0 Å². The fraction of sp³-hybridized carbons (Fsp3) is 0.909. The summed E-state index contributed by atoms with van der Waals surface area (Å²) in [5.74, 6) is -0.257. The predicted molar refractivity (Wildman–Crippen MR) is 70.4 cm³/mol. The molecule has 0 rings (SSSR count). The van der Waals surface area contributed by atoms with E-state index in [4.69, 9.17) is 5.11 Å². The van der Waals surface area contributed by atoms with Gasteiger partial charge >= 0.3 is 5.97 Å². The number of aliphatic carboxylic acids is 1. The Balaban J connectivity index is 4.08. The number of hydrogen-bond donors (Lipinski definition) is 3. The Kier molecular flexibility index (Phi) is 8.13. The maximum Gasteiger partial charge on any atom is 0.303 e. The van der Waals surface area contributed by atoms with Crippen LogP contribution in [-0.4, -0.2) is 32.6 Å². The first-order chi connectivity index (χ1) is 8.28. The van der Waals surface area contributed by atoms with Crippen LogP contribution in [0.15, 0.2) is 0 Å². The molecule has 0 radical (unpaired) electrons. The monoisotopic (exact) mass is 280 g/mol. The van der Waals surface area contributed by atoms with Gasteiger partial charge in [0.15, 0.2) is 0 Å². The van der Waals surface area contributed by atoms with E-state index in [0.717, 1.165) is 0 Å². The third-order valence-electron chi connectivity index (χ3n) is 2.81. The van der Waals surface area contributed by atoms with Gasteiger partial charge in [0.2, 0.25) is 0 Å². The maximum atomic E-state index is 11.3. The van der Waals surface area contributed by atoms with Crippen molar-refractivity contribution in [1.29, 1.82) is 0 Å². The molecule has 0 saturated carbocycles. The highest BCUT2D eigenvalue weighted by atomic mass is 32.2. The second-order valence-electron chi connectivity index (χ2n) is 4.62. The molecule has 7 heteroatoms. The average Bonchev–Trinajstić information content (AvgIpc) is 2.21. The van der Waals surface area contributed by atoms with Crippen molar-refractivity contribution >= 4 is 16.2 Å². The minimum atomic E-state index is -3.40. The summed E-state index contributed by atoms with van der Waals surface area (Å²) in [7, 11) is -3.40.